The van der Waals surface area contributed by atoms with E-state index in [1.807, 2.05) is 18.2 Å². The Morgan fingerprint density at radius 3 is 1.39 bits per heavy atom. The predicted octanol–water partition coefficient (Wildman–Crippen LogP) is 22.5. The molecule has 1 aliphatic heterocycles. The Kier molecular flexibility index (Phi) is 34.0. The van der Waals surface area contributed by atoms with Crippen LogP contribution in [0.5, 0.6) is 0 Å². The van der Waals surface area contributed by atoms with Gasteiger partial charge in [-0.2, -0.15) is 0 Å². The number of thiophene rings is 1. The van der Waals surface area contributed by atoms with Gasteiger partial charge < -0.3 is 19.1 Å². The summed E-state index contributed by atoms with van der Waals surface area (Å²) < 4.78 is 13.4. The maximum atomic E-state index is 15.6. The molecule has 2 unspecified atom stereocenters. The number of furan rings is 2. The minimum absolute atomic E-state index is 0.00596. The van der Waals surface area contributed by atoms with Crippen molar-refractivity contribution in [2.24, 2.45) is 11.8 Å². The Morgan fingerprint density at radius 1 is 0.537 bits per heavy atom. The Bertz CT molecular complexity index is 2460. The molecule has 7 heteroatoms. The fourth-order valence-electron chi connectivity index (χ4n) is 12.6. The van der Waals surface area contributed by atoms with Crippen LogP contribution in [0, 0.1) is 18.8 Å². The lowest BCUT2D eigenvalue weighted by Crippen LogP contribution is -2.34. The number of benzene rings is 1. The van der Waals surface area contributed by atoms with Crippen LogP contribution in [0.4, 0.5) is 11.4 Å². The van der Waals surface area contributed by atoms with E-state index in [1.165, 1.54) is 249 Å². The molecule has 3 aromatic heterocycles. The van der Waals surface area contributed by atoms with E-state index in [2.05, 4.69) is 95.9 Å². The summed E-state index contributed by atoms with van der Waals surface area (Å²) in [5.74, 6) is 3.68. The first-order valence-electron chi connectivity index (χ1n) is 34.7. The standard InChI is InChI=1S/C75H120N2O4S/c1-9-13-17-21-25-29-31-35-38-42-46-61(45-41-37-33-27-23-19-15-11-3)57-76-66-55-64-67(56-63(66)65(59-78)68-50-51-69(80-68)71-53-49-60(5)82-71)77(74(79)73(64)70-52-54-72(81-70)75(6,7)8)58-62(47-43-39-34-28-24-20-16-12-4)48-44-40-36-32-30-26-22-18-14-10-2/h49-56,59,61-62,76H,9-48,57-58H2,1-8H3. The minimum Gasteiger partial charge on any atom is -0.460 e. The number of hydrogen-bond acceptors (Lipinski definition) is 6. The van der Waals surface area contributed by atoms with E-state index in [1.54, 1.807) is 11.3 Å². The number of aryl methyl sites for hydroxylation is 1. The van der Waals surface area contributed by atoms with Crippen molar-refractivity contribution in [3.05, 3.63) is 81.1 Å². The largest absolute Gasteiger partial charge is 0.460 e. The Morgan fingerprint density at radius 2 is 0.976 bits per heavy atom. The summed E-state index contributed by atoms with van der Waals surface area (Å²) in [6.07, 6.45) is 53.0. The maximum Gasteiger partial charge on any atom is 0.262 e. The van der Waals surface area contributed by atoms with Crippen molar-refractivity contribution in [2.45, 2.75) is 318 Å². The van der Waals surface area contributed by atoms with Crippen molar-refractivity contribution in [1.82, 2.24) is 0 Å². The molecule has 1 amide bonds. The van der Waals surface area contributed by atoms with Gasteiger partial charge in [0.2, 0.25) is 0 Å². The van der Waals surface area contributed by atoms with Gasteiger partial charge in [-0.05, 0) is 93.0 Å². The SMILES string of the molecule is CCCCCCCCCCCCC(CCCCCCCCCC)CNc1cc2c(cc1=C(C=O)c1ccc(-c3ccc(C)s3)o1)N(CC(CCCCCCCCCC)CCCCCCCCCCCC)C(=O)C=2c1ccc(C(C)(C)C)o1. The highest BCUT2D eigenvalue weighted by molar-refractivity contribution is 7.15. The van der Waals surface area contributed by atoms with E-state index in [9.17, 15) is 4.79 Å². The first-order chi connectivity index (χ1) is 40.0. The number of hydrogen-bond donors (Lipinski definition) is 1. The number of aldehydes is 1. The van der Waals surface area contributed by atoms with E-state index >= 15 is 4.79 Å². The summed E-state index contributed by atoms with van der Waals surface area (Å²) in [5.41, 5.74) is 2.68. The number of fused-ring (bicyclic) bond motifs is 1. The van der Waals surface area contributed by atoms with E-state index in [0.29, 0.717) is 41.0 Å². The van der Waals surface area contributed by atoms with Gasteiger partial charge in [0, 0.05) is 39.5 Å². The third-order valence-electron chi connectivity index (χ3n) is 17.9. The molecule has 460 valence electrons. The van der Waals surface area contributed by atoms with Gasteiger partial charge in [-0.3, -0.25) is 9.59 Å². The molecular weight excluding hydrogens is 1020 g/mol. The highest BCUT2D eigenvalue weighted by atomic mass is 32.1. The van der Waals surface area contributed by atoms with Crippen LogP contribution in [0.15, 0.2) is 57.4 Å². The fraction of sp³-hybridized carbons (Fsp3) is 0.707. The molecule has 1 aromatic carbocycles. The van der Waals surface area contributed by atoms with Crippen LogP contribution in [-0.2, 0) is 15.0 Å². The van der Waals surface area contributed by atoms with Gasteiger partial charge in [0.1, 0.15) is 23.0 Å². The normalized spacial score (nSPS) is 13.8. The first-order valence-corrected chi connectivity index (χ1v) is 35.6. The number of rotatable bonds is 49. The van der Waals surface area contributed by atoms with E-state index in [0.717, 1.165) is 63.9 Å². The molecule has 0 aliphatic carbocycles. The smallest absolute Gasteiger partial charge is 0.262 e. The zero-order chi connectivity index (χ0) is 58.6. The average Bonchev–Trinajstić information content (AvgIpc) is 2.77. The van der Waals surface area contributed by atoms with Crippen molar-refractivity contribution in [2.75, 3.05) is 23.3 Å². The molecule has 1 N–H and O–H groups in total. The topological polar surface area (TPSA) is 75.7 Å². The number of unbranched alkanes of at least 4 members (excludes halogenated alkanes) is 32. The van der Waals surface area contributed by atoms with E-state index in [4.69, 9.17) is 8.83 Å². The summed E-state index contributed by atoms with van der Waals surface area (Å²) in [5, 5.41) is 5.72. The summed E-state index contributed by atoms with van der Waals surface area (Å²) in [7, 11) is 0. The van der Waals surface area contributed by atoms with Gasteiger partial charge in [-0.25, -0.2) is 0 Å². The molecule has 5 rings (SSSR count). The highest BCUT2D eigenvalue weighted by Crippen LogP contribution is 2.35. The summed E-state index contributed by atoms with van der Waals surface area (Å²) >= 11 is 1.70. The molecule has 4 aromatic rings. The number of amides is 1. The van der Waals surface area contributed by atoms with E-state index < -0.39 is 0 Å². The van der Waals surface area contributed by atoms with Gasteiger partial charge in [0.15, 0.2) is 6.29 Å². The third-order valence-corrected chi connectivity index (χ3v) is 18.9. The van der Waals surface area contributed by atoms with Gasteiger partial charge in [0.25, 0.3) is 5.91 Å². The Balaban J connectivity index is 1.52. The van der Waals surface area contributed by atoms with Crippen LogP contribution in [0.3, 0.4) is 0 Å². The Labute approximate surface area is 506 Å². The molecule has 0 radical (unpaired) electrons. The molecule has 0 spiro atoms. The molecule has 0 bridgehead atoms. The molecule has 0 saturated carbocycles. The van der Waals surface area contributed by atoms with Crippen LogP contribution < -0.4 is 20.7 Å². The zero-order valence-corrected chi connectivity index (χ0v) is 54.9. The summed E-state index contributed by atoms with van der Waals surface area (Å²) in [6, 6.07) is 16.7. The fourth-order valence-corrected chi connectivity index (χ4v) is 13.5. The molecule has 1 aliphatic rings. The Hall–Kier alpha value is -3.84. The molecule has 2 atom stereocenters. The van der Waals surface area contributed by atoms with Crippen molar-refractivity contribution in [3.8, 4) is 10.6 Å². The lowest BCUT2D eigenvalue weighted by Gasteiger charge is -2.26. The van der Waals surface area contributed by atoms with Gasteiger partial charge in [0.05, 0.1) is 21.7 Å². The van der Waals surface area contributed by atoms with Crippen molar-refractivity contribution >= 4 is 46.1 Å². The second kappa shape index (κ2) is 40.5. The van der Waals surface area contributed by atoms with E-state index in [-0.39, 0.29) is 11.3 Å². The van der Waals surface area contributed by atoms with Crippen molar-refractivity contribution in [1.29, 1.82) is 0 Å². The monoisotopic (exact) mass is 1140 g/mol. The van der Waals surface area contributed by atoms with Crippen LogP contribution in [0.1, 0.15) is 327 Å². The zero-order valence-electron chi connectivity index (χ0n) is 54.0. The molecule has 0 fully saturated rings. The molecule has 82 heavy (non-hydrogen) atoms. The average molecular weight is 1150 g/mol. The summed E-state index contributed by atoms with van der Waals surface area (Å²) in [4.78, 5) is 33.8. The van der Waals surface area contributed by atoms with Crippen molar-refractivity contribution in [3.63, 3.8) is 0 Å². The van der Waals surface area contributed by atoms with Gasteiger partial charge >= 0.3 is 0 Å². The molecular formula is C75H120N2O4S. The van der Waals surface area contributed by atoms with Crippen LogP contribution in [-0.4, -0.2) is 25.3 Å². The van der Waals surface area contributed by atoms with Crippen LogP contribution in [0.2, 0.25) is 0 Å². The summed E-state index contributed by atoms with van der Waals surface area (Å²) in [6.45, 7) is 19.3. The molecule has 4 heterocycles. The molecule has 0 saturated heterocycles. The second-order valence-corrected chi connectivity index (χ2v) is 27.6. The second-order valence-electron chi connectivity index (χ2n) is 26.3. The third kappa shape index (κ3) is 24.6. The predicted molar refractivity (Wildman–Crippen MR) is 356 cm³/mol. The maximum absolute atomic E-state index is 15.6. The number of nitrogens with one attached hydrogen (secondary N) is 1. The van der Waals surface area contributed by atoms with Gasteiger partial charge in [-0.15, -0.1) is 11.3 Å². The van der Waals surface area contributed by atoms with Gasteiger partial charge in [-0.1, -0.05) is 280 Å². The number of carbonyl (C=O) groups is 2. The van der Waals surface area contributed by atoms with Crippen LogP contribution in [0.25, 0.3) is 21.8 Å². The number of anilines is 2. The number of nitrogens with zero attached hydrogens (tertiary/aromatic N) is 1. The first kappa shape index (κ1) is 68.9. The lowest BCUT2D eigenvalue weighted by molar-refractivity contribution is -0.113. The van der Waals surface area contributed by atoms with Crippen LogP contribution >= 0.6 is 11.3 Å². The molecule has 6 nitrogen and oxygen atoms in total. The quantitative estimate of drug-likeness (QED) is 0.0352. The number of carbonyl (C=O) groups excluding carboxylic acids is 2. The minimum atomic E-state index is -0.217. The highest BCUT2D eigenvalue weighted by Gasteiger charge is 2.35. The van der Waals surface area contributed by atoms with Crippen molar-refractivity contribution < 1.29 is 18.4 Å². The lowest BCUT2D eigenvalue weighted by atomic mass is 9.93.